The molecule has 0 amide bonds. The lowest BCUT2D eigenvalue weighted by Gasteiger charge is -2.01. The normalized spacial score (nSPS) is 10.7. The smallest absolute Gasteiger partial charge is 0.261 e. The first-order valence-corrected chi connectivity index (χ1v) is 16.6. The van der Waals surface area contributed by atoms with E-state index in [-0.39, 0.29) is 14.0 Å². The molecule has 0 bridgehead atoms. The number of hydrogen-bond donors (Lipinski definition) is 3. The molecule has 1 aromatic heterocycles. The van der Waals surface area contributed by atoms with Gasteiger partial charge < -0.3 is 15.2 Å². The molecule has 0 unspecified atom stereocenters. The Morgan fingerprint density at radius 3 is 1.70 bits per heavy atom. The number of ether oxygens (including phenoxy) is 1. The van der Waals surface area contributed by atoms with Gasteiger partial charge in [-0.2, -0.15) is 8.42 Å². The molecule has 0 fully saturated rings. The molecule has 11 heteroatoms. The van der Waals surface area contributed by atoms with Gasteiger partial charge in [-0.15, -0.1) is 5.53 Å². The minimum Gasteiger partial charge on any atom is -0.494 e. The predicted octanol–water partition coefficient (Wildman–Crippen LogP) is 6.68. The number of methoxy groups -OCH3 is 1. The molecule has 0 saturated heterocycles. The van der Waals surface area contributed by atoms with Crippen LogP contribution in [-0.4, -0.2) is 42.5 Å². The van der Waals surface area contributed by atoms with Crippen LogP contribution >= 0.6 is 0 Å². The number of rotatable bonds is 3. The first kappa shape index (κ1) is 45.4. The fraction of sp³-hybridized carbons (Fsp3) is 0.167. The Kier molecular flexibility index (Phi) is 22.5. The highest BCUT2D eigenvalue weighted by molar-refractivity contribution is 7.85. The summed E-state index contributed by atoms with van der Waals surface area (Å²) < 4.78 is 31.4. The largest absolute Gasteiger partial charge is 0.494 e. The second-order valence-electron chi connectivity index (χ2n) is 9.67. The number of benzene rings is 1. The van der Waals surface area contributed by atoms with Crippen LogP contribution in [0.4, 0.5) is 0 Å². The maximum absolute atomic E-state index is 9.19. The van der Waals surface area contributed by atoms with Crippen LogP contribution in [0.5, 0.6) is 0 Å². The number of aryl methyl sites for hydroxylation is 2. The molecule has 0 atom stereocenters. The summed E-state index contributed by atoms with van der Waals surface area (Å²) in [5.41, 5.74) is 21.5. The Hall–Kier alpha value is -7.59. The van der Waals surface area contributed by atoms with E-state index in [1.807, 2.05) is 6.08 Å². The van der Waals surface area contributed by atoms with Crippen molar-refractivity contribution in [3.8, 4) is 107 Å². The Morgan fingerprint density at radius 2 is 1.32 bits per heavy atom. The van der Waals surface area contributed by atoms with Crippen LogP contribution in [0.1, 0.15) is 50.5 Å². The monoisotopic (exact) mass is 731 g/mol. The number of hydrogen-bond acceptors (Lipinski definition) is 5. The number of fused-ring (bicyclic) bond motifs is 1. The minimum atomic E-state index is -3.67. The highest BCUT2D eigenvalue weighted by Crippen LogP contribution is 2.31. The van der Waals surface area contributed by atoms with Gasteiger partial charge in [0.1, 0.15) is 11.5 Å². The number of nitrogens with one attached hydrogen (secondary N) is 2. The van der Waals surface area contributed by atoms with Crippen LogP contribution in [0.25, 0.3) is 22.6 Å². The van der Waals surface area contributed by atoms with Gasteiger partial charge >= 0.3 is 0 Å². The third-order valence-corrected chi connectivity index (χ3v) is 5.73. The van der Waals surface area contributed by atoms with E-state index in [4.69, 9.17) is 25.3 Å². The zero-order valence-corrected chi connectivity index (χ0v) is 30.6. The van der Waals surface area contributed by atoms with E-state index in [9.17, 15) is 8.42 Å². The minimum absolute atomic E-state index is 0. The molecule has 1 aliphatic carbocycles. The van der Waals surface area contributed by atoms with Crippen molar-refractivity contribution in [2.75, 3.05) is 13.4 Å². The van der Waals surface area contributed by atoms with Gasteiger partial charge in [0.15, 0.2) is 0 Å². The fourth-order valence-corrected chi connectivity index (χ4v) is 3.89. The average Bonchev–Trinajstić information content (AvgIpc) is 3.80. The van der Waals surface area contributed by atoms with E-state index in [0.717, 1.165) is 35.0 Å². The van der Waals surface area contributed by atoms with Crippen molar-refractivity contribution in [2.45, 2.75) is 34.1 Å². The number of aliphatic imine (C=N–C) groups is 1. The maximum Gasteiger partial charge on any atom is 0.261 e. The summed E-state index contributed by atoms with van der Waals surface area (Å²) in [7, 11) is -1.97. The van der Waals surface area contributed by atoms with Crippen molar-refractivity contribution >= 4 is 28.0 Å². The van der Waals surface area contributed by atoms with Crippen LogP contribution in [0, 0.1) is 126 Å². The molecule has 1 aliphatic heterocycles. The lowest BCUT2D eigenvalue weighted by molar-refractivity contribution is 0.303. The van der Waals surface area contributed by atoms with Crippen molar-refractivity contribution < 1.29 is 31.7 Å². The lowest BCUT2D eigenvalue weighted by Crippen LogP contribution is -1.96. The van der Waals surface area contributed by atoms with Gasteiger partial charge in [-0.1, -0.05) is 36.1 Å². The Labute approximate surface area is 320 Å². The SMILES string of the molecule is CC#CC#CC#CC#CC#CC#CC#CC#CC#CC.COC1=CC(C2=Cc3ccccc3C2)=N/C1=C\c1[nH]c(C)cc1C.CS(=O)(=O)O.O.[HH].[HH].[HH].[HH].[HH].[HH].[N-]=[N+]=N. The van der Waals surface area contributed by atoms with Gasteiger partial charge in [-0.3, -0.25) is 4.55 Å². The summed E-state index contributed by atoms with van der Waals surface area (Å²) in [6.07, 6.45) is 7.97. The van der Waals surface area contributed by atoms with Gasteiger partial charge in [-0.25, -0.2) is 4.99 Å². The van der Waals surface area contributed by atoms with E-state index in [1.54, 1.807) is 25.9 Å². The summed E-state index contributed by atoms with van der Waals surface area (Å²) >= 11 is 0. The van der Waals surface area contributed by atoms with Crippen molar-refractivity contribution in [2.24, 2.45) is 4.99 Å². The second kappa shape index (κ2) is 26.3. The number of aromatic amines is 1. The van der Waals surface area contributed by atoms with Crippen molar-refractivity contribution in [3.63, 3.8) is 0 Å². The molecule has 2 aliphatic rings. The Morgan fingerprint density at radius 1 is 0.887 bits per heavy atom. The number of nitrogens with zero attached hydrogens (tertiary/aromatic N) is 3. The molecule has 4 rings (SSSR count). The molecule has 2 heterocycles. The van der Waals surface area contributed by atoms with Gasteiger partial charge in [0, 0.05) is 32.4 Å². The Bertz CT molecular complexity index is 2470. The summed E-state index contributed by atoms with van der Waals surface area (Å²) in [4.78, 5) is 9.94. The molecular weight excluding hydrogens is 687 g/mol. The maximum atomic E-state index is 9.19. The van der Waals surface area contributed by atoms with E-state index >= 15 is 0 Å². The molecular formula is C42H45N5O5S. The lowest BCUT2D eigenvalue weighted by atomic mass is 10.1. The fourth-order valence-electron chi connectivity index (χ4n) is 3.89. The van der Waals surface area contributed by atoms with Crippen LogP contribution in [0.2, 0.25) is 0 Å². The van der Waals surface area contributed by atoms with Gasteiger partial charge in [0.25, 0.3) is 10.1 Å². The van der Waals surface area contributed by atoms with Gasteiger partial charge in [0.2, 0.25) is 0 Å². The van der Waals surface area contributed by atoms with E-state index in [2.05, 4.69) is 168 Å². The van der Waals surface area contributed by atoms with E-state index < -0.39 is 10.1 Å². The van der Waals surface area contributed by atoms with Crippen LogP contribution in [0.15, 0.2) is 58.4 Å². The zero-order chi connectivity index (χ0) is 38.6. The molecule has 53 heavy (non-hydrogen) atoms. The van der Waals surface area contributed by atoms with Crippen LogP contribution in [-0.2, 0) is 21.3 Å². The summed E-state index contributed by atoms with van der Waals surface area (Å²) in [5, 5.41) is 0. The molecule has 1 aromatic carbocycles. The molecule has 274 valence electrons. The van der Waals surface area contributed by atoms with Gasteiger partial charge in [0.05, 0.1) is 19.1 Å². The summed E-state index contributed by atoms with van der Waals surface area (Å²) in [5.74, 6) is 46.4. The predicted molar refractivity (Wildman–Crippen MR) is 223 cm³/mol. The molecule has 10 nitrogen and oxygen atoms in total. The van der Waals surface area contributed by atoms with Gasteiger partial charge in [-0.05, 0) is 173 Å². The third kappa shape index (κ3) is 20.5. The molecule has 2 aromatic rings. The Balaban J connectivity index is -0.000000142. The van der Waals surface area contributed by atoms with Crippen LogP contribution in [0.3, 0.4) is 0 Å². The highest BCUT2D eigenvalue weighted by atomic mass is 32.2. The number of aromatic nitrogens is 1. The molecule has 0 radical (unpaired) electrons. The summed E-state index contributed by atoms with van der Waals surface area (Å²) in [6.45, 7) is 7.57. The second-order valence-corrected chi connectivity index (χ2v) is 11.1. The topological polar surface area (TPSA) is 184 Å². The molecule has 0 spiro atoms. The molecule has 5 N–H and O–H groups in total. The number of H-pyrrole nitrogens is 1. The highest BCUT2D eigenvalue weighted by Gasteiger charge is 2.22. The zero-order valence-electron chi connectivity index (χ0n) is 29.7. The molecule has 0 saturated carbocycles. The summed E-state index contributed by atoms with van der Waals surface area (Å²) in [6, 6.07) is 10.6. The number of allylic oxidation sites excluding steroid dienone is 2. The average molecular weight is 732 g/mol. The van der Waals surface area contributed by atoms with Crippen molar-refractivity contribution in [1.82, 2.24) is 4.98 Å². The van der Waals surface area contributed by atoms with Crippen molar-refractivity contribution in [1.29, 1.82) is 5.53 Å². The third-order valence-electron chi connectivity index (χ3n) is 5.73. The first-order chi connectivity index (χ1) is 25.0. The van der Waals surface area contributed by atoms with Crippen LogP contribution < -0.4 is 0 Å². The first-order valence-electron chi connectivity index (χ1n) is 14.8. The van der Waals surface area contributed by atoms with E-state index in [1.165, 1.54) is 22.3 Å². The van der Waals surface area contributed by atoms with Crippen molar-refractivity contribution in [3.05, 3.63) is 92.0 Å². The van der Waals surface area contributed by atoms with E-state index in [0.29, 0.717) is 6.26 Å². The quantitative estimate of drug-likeness (QED) is 0.105. The standard InChI is InChI=1S/C21H20N2O.C20H6.CH4O3S.HN3.H2O.6H2/c1-13-8-14(2)22-18(13)11-20-21(24-3)12-19(23-20)17-9-15-6-4-5-7-16(15)10-17;1-3-5-7-9-11-13-15-17-19-20-18-16-14-12-10-8-6-4-2;1-5(2,3)4;1-3-2;;;;;;;/h4-9,11-12,22H,10H2,1-3H3;1-2H3;1H3,(H,2,3,4);1H;1H2;6*1H/b20-11-;;;;;;;;;;.